The Morgan fingerprint density at radius 2 is 2.14 bits per heavy atom. The Hall–Kier alpha value is -1.66. The van der Waals surface area contributed by atoms with Crippen molar-refractivity contribution < 1.29 is 14.0 Å². The fourth-order valence-electron chi connectivity index (χ4n) is 2.54. The fraction of sp³-hybridized carbons (Fsp3) is 0.600. The first-order chi connectivity index (χ1) is 10.2. The molecule has 6 heteroatoms. The summed E-state index contributed by atoms with van der Waals surface area (Å²) in [5, 5.41) is 5.71. The van der Waals surface area contributed by atoms with E-state index in [1.807, 2.05) is 0 Å². The Bertz CT molecular complexity index is 451. The third kappa shape index (κ3) is 4.99. The number of carbonyl (C=O) groups excluding carboxylic acids is 2. The summed E-state index contributed by atoms with van der Waals surface area (Å²) < 4.78 is 4.95. The number of imide groups is 1. The minimum absolute atomic E-state index is 0.160. The van der Waals surface area contributed by atoms with Gasteiger partial charge in [0.1, 0.15) is 0 Å². The van der Waals surface area contributed by atoms with Gasteiger partial charge >= 0.3 is 0 Å². The van der Waals surface area contributed by atoms with Gasteiger partial charge in [0.15, 0.2) is 5.76 Å². The van der Waals surface area contributed by atoms with Crippen LogP contribution in [0.4, 0.5) is 0 Å². The predicted molar refractivity (Wildman–Crippen MR) is 78.9 cm³/mol. The van der Waals surface area contributed by atoms with Crippen LogP contribution in [-0.4, -0.2) is 49.4 Å². The van der Waals surface area contributed by atoms with E-state index in [0.29, 0.717) is 5.92 Å². The van der Waals surface area contributed by atoms with Gasteiger partial charge in [-0.25, -0.2) is 0 Å². The van der Waals surface area contributed by atoms with Crippen molar-refractivity contribution in [2.24, 2.45) is 5.92 Å². The Kier molecular flexibility index (Phi) is 5.95. The normalized spacial score (nSPS) is 16.8. The minimum atomic E-state index is -0.480. The molecule has 1 aliphatic rings. The number of hydrogen-bond acceptors (Lipinski definition) is 5. The summed E-state index contributed by atoms with van der Waals surface area (Å²) in [5.41, 5.74) is 0. The molecule has 1 fully saturated rings. The van der Waals surface area contributed by atoms with Gasteiger partial charge in [0.25, 0.3) is 5.91 Å². The Morgan fingerprint density at radius 1 is 1.38 bits per heavy atom. The summed E-state index contributed by atoms with van der Waals surface area (Å²) in [7, 11) is 0. The van der Waals surface area contributed by atoms with Crippen molar-refractivity contribution >= 4 is 11.8 Å². The van der Waals surface area contributed by atoms with E-state index < -0.39 is 5.91 Å². The molecule has 6 nitrogen and oxygen atoms in total. The molecule has 0 atom stereocenters. The van der Waals surface area contributed by atoms with Crippen molar-refractivity contribution in [1.29, 1.82) is 0 Å². The van der Waals surface area contributed by atoms with Crippen LogP contribution in [0.1, 0.15) is 30.3 Å². The molecule has 0 unspecified atom stereocenters. The zero-order valence-corrected chi connectivity index (χ0v) is 12.4. The van der Waals surface area contributed by atoms with E-state index in [9.17, 15) is 9.59 Å². The predicted octanol–water partition coefficient (Wildman–Crippen LogP) is 0.857. The maximum atomic E-state index is 11.8. The molecule has 0 aliphatic carbocycles. The van der Waals surface area contributed by atoms with Crippen LogP contribution in [-0.2, 0) is 4.79 Å². The zero-order chi connectivity index (χ0) is 15.1. The van der Waals surface area contributed by atoms with Gasteiger partial charge in [0.2, 0.25) is 5.91 Å². The smallest absolute Gasteiger partial charge is 0.293 e. The quantitative estimate of drug-likeness (QED) is 0.813. The van der Waals surface area contributed by atoms with E-state index in [1.165, 1.54) is 12.3 Å². The molecule has 0 radical (unpaired) electrons. The van der Waals surface area contributed by atoms with Crippen molar-refractivity contribution in [2.75, 3.05) is 32.7 Å². The number of likely N-dealkylation sites (tertiary alicyclic amines) is 1. The van der Waals surface area contributed by atoms with E-state index in [0.717, 1.165) is 39.0 Å². The van der Waals surface area contributed by atoms with Crippen LogP contribution in [0.5, 0.6) is 0 Å². The summed E-state index contributed by atoms with van der Waals surface area (Å²) in [5.74, 6) is 0.0928. The lowest BCUT2D eigenvalue weighted by Crippen LogP contribution is -2.44. The third-order valence-electron chi connectivity index (χ3n) is 3.76. The molecule has 0 bridgehead atoms. The van der Waals surface area contributed by atoms with E-state index in [4.69, 9.17) is 4.42 Å². The molecular weight excluding hydrogens is 270 g/mol. The summed E-state index contributed by atoms with van der Waals surface area (Å²) >= 11 is 0. The fourth-order valence-corrected chi connectivity index (χ4v) is 2.54. The minimum Gasteiger partial charge on any atom is -0.459 e. The molecule has 2 rings (SSSR count). The van der Waals surface area contributed by atoms with Crippen molar-refractivity contribution in [2.45, 2.75) is 19.8 Å². The Labute approximate surface area is 124 Å². The first-order valence-corrected chi connectivity index (χ1v) is 7.49. The van der Waals surface area contributed by atoms with Crippen LogP contribution in [0.2, 0.25) is 0 Å². The lowest BCUT2D eigenvalue weighted by Gasteiger charge is -2.31. The van der Waals surface area contributed by atoms with Gasteiger partial charge < -0.3 is 9.73 Å². The van der Waals surface area contributed by atoms with E-state index in [2.05, 4.69) is 22.5 Å². The van der Waals surface area contributed by atoms with Crippen LogP contribution < -0.4 is 10.6 Å². The lowest BCUT2D eigenvalue weighted by molar-refractivity contribution is -0.121. The molecule has 2 heterocycles. The molecule has 2 amide bonds. The summed E-state index contributed by atoms with van der Waals surface area (Å²) in [6, 6.07) is 3.16. The molecule has 1 saturated heterocycles. The molecule has 1 aromatic rings. The van der Waals surface area contributed by atoms with Gasteiger partial charge in [-0.1, -0.05) is 6.92 Å². The van der Waals surface area contributed by atoms with Crippen molar-refractivity contribution in [3.63, 3.8) is 0 Å². The molecule has 116 valence electrons. The van der Waals surface area contributed by atoms with Crippen molar-refractivity contribution in [3.8, 4) is 0 Å². The highest BCUT2D eigenvalue weighted by Gasteiger charge is 2.21. The molecule has 0 aromatic carbocycles. The van der Waals surface area contributed by atoms with Gasteiger partial charge in [0, 0.05) is 0 Å². The van der Waals surface area contributed by atoms with Crippen molar-refractivity contribution in [1.82, 2.24) is 15.5 Å². The number of amides is 2. The second-order valence-corrected chi connectivity index (χ2v) is 5.38. The van der Waals surface area contributed by atoms with Gasteiger partial charge in [-0.3, -0.25) is 19.8 Å². The topological polar surface area (TPSA) is 74.6 Å². The number of furan rings is 1. The number of carbonyl (C=O) groups is 2. The Balaban J connectivity index is 1.68. The van der Waals surface area contributed by atoms with Gasteiger partial charge in [-0.05, 0) is 57.1 Å². The summed E-state index contributed by atoms with van der Waals surface area (Å²) in [6.45, 7) is 6.22. The van der Waals surface area contributed by atoms with Crippen LogP contribution in [0.15, 0.2) is 22.8 Å². The largest absolute Gasteiger partial charge is 0.459 e. The zero-order valence-electron chi connectivity index (χ0n) is 12.4. The molecule has 2 N–H and O–H groups in total. The average Bonchev–Trinajstić information content (AvgIpc) is 3.01. The van der Waals surface area contributed by atoms with Gasteiger partial charge in [-0.15, -0.1) is 0 Å². The number of nitrogens with zero attached hydrogens (tertiary/aromatic N) is 1. The number of nitrogens with one attached hydrogen (secondary N) is 2. The standard InChI is InChI=1S/C15H23N3O3/c1-2-16-10-12-5-7-18(8-6-12)11-14(19)17-15(20)13-4-3-9-21-13/h3-4,9,12,16H,2,5-8,10-11H2,1H3,(H,17,19,20). The van der Waals surface area contributed by atoms with Crippen LogP contribution >= 0.6 is 0 Å². The van der Waals surface area contributed by atoms with Crippen LogP contribution in [0.3, 0.4) is 0 Å². The van der Waals surface area contributed by atoms with E-state index in [1.54, 1.807) is 6.07 Å². The second kappa shape index (κ2) is 7.95. The summed E-state index contributed by atoms with van der Waals surface area (Å²) in [4.78, 5) is 25.6. The number of hydrogen-bond donors (Lipinski definition) is 2. The SMILES string of the molecule is CCNCC1CCN(CC(=O)NC(=O)c2ccco2)CC1. The average molecular weight is 293 g/mol. The maximum Gasteiger partial charge on any atom is 0.293 e. The third-order valence-corrected chi connectivity index (χ3v) is 3.76. The first-order valence-electron chi connectivity index (χ1n) is 7.49. The number of piperidine rings is 1. The molecule has 0 spiro atoms. The van der Waals surface area contributed by atoms with E-state index >= 15 is 0 Å². The van der Waals surface area contributed by atoms with E-state index in [-0.39, 0.29) is 18.2 Å². The van der Waals surface area contributed by atoms with Crippen LogP contribution in [0, 0.1) is 5.92 Å². The second-order valence-electron chi connectivity index (χ2n) is 5.38. The highest BCUT2D eigenvalue weighted by molar-refractivity contribution is 6.03. The van der Waals surface area contributed by atoms with Crippen LogP contribution in [0.25, 0.3) is 0 Å². The van der Waals surface area contributed by atoms with Gasteiger partial charge in [0.05, 0.1) is 12.8 Å². The molecular formula is C15H23N3O3. The summed E-state index contributed by atoms with van der Waals surface area (Å²) in [6.07, 6.45) is 3.59. The lowest BCUT2D eigenvalue weighted by atomic mass is 9.97. The monoisotopic (exact) mass is 293 g/mol. The highest BCUT2D eigenvalue weighted by Crippen LogP contribution is 2.15. The molecule has 1 aliphatic heterocycles. The molecule has 21 heavy (non-hydrogen) atoms. The Morgan fingerprint density at radius 3 is 2.76 bits per heavy atom. The molecule has 1 aromatic heterocycles. The number of rotatable bonds is 6. The molecule has 0 saturated carbocycles. The van der Waals surface area contributed by atoms with Gasteiger partial charge in [-0.2, -0.15) is 0 Å². The maximum absolute atomic E-state index is 11.8. The first kappa shape index (κ1) is 15.7. The highest BCUT2D eigenvalue weighted by atomic mass is 16.3. The van der Waals surface area contributed by atoms with Crippen molar-refractivity contribution in [3.05, 3.63) is 24.2 Å².